The molecule has 7 nitrogen and oxygen atoms in total. The molecule has 0 atom stereocenters. The van der Waals surface area contributed by atoms with Crippen molar-refractivity contribution in [3.05, 3.63) is 41.5 Å². The SMILES string of the molecule is CCc1ccc(S(=O)(=O)NCCc2ncno2)cc1CN. The highest BCUT2D eigenvalue weighted by Crippen LogP contribution is 2.16. The van der Waals surface area contributed by atoms with E-state index in [4.69, 9.17) is 10.3 Å². The molecule has 8 heteroatoms. The maximum absolute atomic E-state index is 12.2. The van der Waals surface area contributed by atoms with Gasteiger partial charge in [-0.1, -0.05) is 18.1 Å². The Morgan fingerprint density at radius 3 is 2.76 bits per heavy atom. The first kappa shape index (κ1) is 15.6. The molecule has 0 amide bonds. The van der Waals surface area contributed by atoms with Crippen LogP contribution in [0.1, 0.15) is 23.9 Å². The number of benzene rings is 1. The van der Waals surface area contributed by atoms with E-state index < -0.39 is 10.0 Å². The van der Waals surface area contributed by atoms with Gasteiger partial charge in [0.25, 0.3) is 0 Å². The van der Waals surface area contributed by atoms with E-state index in [9.17, 15) is 8.42 Å². The molecule has 0 bridgehead atoms. The van der Waals surface area contributed by atoms with Crippen molar-refractivity contribution in [1.29, 1.82) is 0 Å². The lowest BCUT2D eigenvalue weighted by atomic mass is 10.1. The Kier molecular flexibility index (Phi) is 5.05. The van der Waals surface area contributed by atoms with Crippen LogP contribution in [0.5, 0.6) is 0 Å². The molecule has 0 saturated carbocycles. The highest BCUT2D eigenvalue weighted by atomic mass is 32.2. The van der Waals surface area contributed by atoms with E-state index in [2.05, 4.69) is 14.9 Å². The fourth-order valence-electron chi connectivity index (χ4n) is 1.99. The third-order valence-electron chi connectivity index (χ3n) is 3.13. The lowest BCUT2D eigenvalue weighted by Crippen LogP contribution is -2.26. The molecular formula is C13H18N4O3S. The maximum atomic E-state index is 12.2. The van der Waals surface area contributed by atoms with Gasteiger partial charge in [-0.2, -0.15) is 4.98 Å². The van der Waals surface area contributed by atoms with Gasteiger partial charge in [-0.3, -0.25) is 0 Å². The van der Waals surface area contributed by atoms with Crippen LogP contribution in [-0.2, 0) is 29.4 Å². The van der Waals surface area contributed by atoms with E-state index in [1.807, 2.05) is 6.92 Å². The van der Waals surface area contributed by atoms with Gasteiger partial charge >= 0.3 is 0 Å². The number of nitrogens with one attached hydrogen (secondary N) is 1. The number of rotatable bonds is 7. The number of hydrogen-bond acceptors (Lipinski definition) is 6. The highest BCUT2D eigenvalue weighted by Gasteiger charge is 2.15. The molecule has 0 aliphatic rings. The van der Waals surface area contributed by atoms with Gasteiger partial charge in [0.1, 0.15) is 0 Å². The number of sulfonamides is 1. The smallest absolute Gasteiger partial charge is 0.240 e. The maximum Gasteiger partial charge on any atom is 0.240 e. The molecule has 2 aromatic rings. The molecule has 1 aromatic carbocycles. The number of aryl methyl sites for hydroxylation is 1. The van der Waals surface area contributed by atoms with E-state index in [1.54, 1.807) is 18.2 Å². The predicted molar refractivity (Wildman–Crippen MR) is 76.9 cm³/mol. The van der Waals surface area contributed by atoms with Crippen molar-refractivity contribution in [1.82, 2.24) is 14.9 Å². The van der Waals surface area contributed by atoms with Crippen LogP contribution in [0.25, 0.3) is 0 Å². The van der Waals surface area contributed by atoms with Gasteiger partial charge in [-0.25, -0.2) is 13.1 Å². The third kappa shape index (κ3) is 3.87. The third-order valence-corrected chi connectivity index (χ3v) is 4.59. The summed E-state index contributed by atoms with van der Waals surface area (Å²) in [6.45, 7) is 2.51. The van der Waals surface area contributed by atoms with E-state index in [-0.39, 0.29) is 11.4 Å². The normalized spacial score (nSPS) is 11.7. The van der Waals surface area contributed by atoms with Crippen molar-refractivity contribution in [3.8, 4) is 0 Å². The quantitative estimate of drug-likeness (QED) is 0.775. The average Bonchev–Trinajstić information content (AvgIpc) is 2.99. The molecule has 0 saturated heterocycles. The molecule has 114 valence electrons. The molecular weight excluding hydrogens is 292 g/mol. The summed E-state index contributed by atoms with van der Waals surface area (Å²) in [4.78, 5) is 4.04. The molecule has 0 radical (unpaired) electrons. The van der Waals surface area contributed by atoms with E-state index in [0.29, 0.717) is 18.9 Å². The topological polar surface area (TPSA) is 111 Å². The van der Waals surface area contributed by atoms with Crippen LogP contribution in [0, 0.1) is 0 Å². The number of nitrogens with zero attached hydrogens (tertiary/aromatic N) is 2. The summed E-state index contributed by atoms with van der Waals surface area (Å²) in [5, 5.41) is 3.46. The number of nitrogens with two attached hydrogens (primary N) is 1. The molecule has 0 unspecified atom stereocenters. The van der Waals surface area contributed by atoms with Gasteiger partial charge in [0, 0.05) is 19.5 Å². The van der Waals surface area contributed by atoms with Gasteiger partial charge in [0.05, 0.1) is 4.90 Å². The molecule has 2 rings (SSSR count). The molecule has 3 N–H and O–H groups in total. The second-order valence-corrected chi connectivity index (χ2v) is 6.24. The Hall–Kier alpha value is -1.77. The standard InChI is InChI=1S/C13H18N4O3S/c1-2-10-3-4-12(7-11(10)8-14)21(18,19)17-6-5-13-15-9-16-20-13/h3-4,7,9,17H,2,5-6,8,14H2,1H3. The zero-order valence-electron chi connectivity index (χ0n) is 11.7. The van der Waals surface area contributed by atoms with E-state index in [0.717, 1.165) is 17.5 Å². The zero-order chi connectivity index (χ0) is 15.3. The van der Waals surface area contributed by atoms with Gasteiger partial charge in [-0.05, 0) is 29.7 Å². The van der Waals surface area contributed by atoms with Crippen LogP contribution >= 0.6 is 0 Å². The summed E-state index contributed by atoms with van der Waals surface area (Å²) in [7, 11) is -3.57. The lowest BCUT2D eigenvalue weighted by molar-refractivity contribution is 0.377. The van der Waals surface area contributed by atoms with Crippen molar-refractivity contribution in [3.63, 3.8) is 0 Å². The fourth-order valence-corrected chi connectivity index (χ4v) is 3.07. The fraction of sp³-hybridized carbons (Fsp3) is 0.385. The van der Waals surface area contributed by atoms with E-state index in [1.165, 1.54) is 6.33 Å². The first-order chi connectivity index (χ1) is 10.1. The Balaban J connectivity index is 2.08. The van der Waals surface area contributed by atoms with Crippen LogP contribution in [0.3, 0.4) is 0 Å². The van der Waals surface area contributed by atoms with Crippen LogP contribution in [0.15, 0.2) is 33.9 Å². The average molecular weight is 310 g/mol. The van der Waals surface area contributed by atoms with Crippen molar-refractivity contribution in [2.45, 2.75) is 31.2 Å². The summed E-state index contributed by atoms with van der Waals surface area (Å²) in [5.41, 5.74) is 7.56. The van der Waals surface area contributed by atoms with Crippen molar-refractivity contribution in [2.75, 3.05) is 6.54 Å². The van der Waals surface area contributed by atoms with Gasteiger partial charge in [0.15, 0.2) is 6.33 Å². The summed E-state index contributed by atoms with van der Waals surface area (Å²) in [5.74, 6) is 0.390. The van der Waals surface area contributed by atoms with Crippen LogP contribution < -0.4 is 10.5 Å². The summed E-state index contributed by atoms with van der Waals surface area (Å²) < 4.78 is 31.7. The van der Waals surface area contributed by atoms with Crippen LogP contribution in [0.2, 0.25) is 0 Å². The van der Waals surface area contributed by atoms with Crippen LogP contribution in [0.4, 0.5) is 0 Å². The Morgan fingerprint density at radius 2 is 2.14 bits per heavy atom. The van der Waals surface area contributed by atoms with Crippen LogP contribution in [-0.4, -0.2) is 25.1 Å². The van der Waals surface area contributed by atoms with Gasteiger partial charge < -0.3 is 10.3 Å². The number of hydrogen-bond donors (Lipinski definition) is 2. The van der Waals surface area contributed by atoms with Gasteiger partial charge in [-0.15, -0.1) is 0 Å². The predicted octanol–water partition coefficient (Wildman–Crippen LogP) is 0.612. The Labute approximate surface area is 123 Å². The first-order valence-electron chi connectivity index (χ1n) is 6.64. The summed E-state index contributed by atoms with van der Waals surface area (Å²) >= 11 is 0. The largest absolute Gasteiger partial charge is 0.340 e. The molecule has 1 aromatic heterocycles. The molecule has 0 fully saturated rings. The Morgan fingerprint density at radius 1 is 1.33 bits per heavy atom. The molecule has 1 heterocycles. The monoisotopic (exact) mass is 310 g/mol. The molecule has 0 aliphatic heterocycles. The molecule has 0 aliphatic carbocycles. The number of aromatic nitrogens is 2. The molecule has 21 heavy (non-hydrogen) atoms. The highest BCUT2D eigenvalue weighted by molar-refractivity contribution is 7.89. The second-order valence-electron chi connectivity index (χ2n) is 4.47. The summed E-state index contributed by atoms with van der Waals surface area (Å²) in [6, 6.07) is 5.01. The summed E-state index contributed by atoms with van der Waals surface area (Å²) in [6.07, 6.45) is 2.44. The minimum atomic E-state index is -3.57. The van der Waals surface area contributed by atoms with Crippen molar-refractivity contribution in [2.24, 2.45) is 5.73 Å². The zero-order valence-corrected chi connectivity index (χ0v) is 12.6. The van der Waals surface area contributed by atoms with Crippen molar-refractivity contribution < 1.29 is 12.9 Å². The Bertz CT molecular complexity index is 683. The first-order valence-corrected chi connectivity index (χ1v) is 8.12. The van der Waals surface area contributed by atoms with Crippen molar-refractivity contribution >= 4 is 10.0 Å². The lowest BCUT2D eigenvalue weighted by Gasteiger charge is -2.10. The van der Waals surface area contributed by atoms with Gasteiger partial charge in [0.2, 0.25) is 15.9 Å². The minimum Gasteiger partial charge on any atom is -0.340 e. The molecule has 0 spiro atoms. The second kappa shape index (κ2) is 6.79. The minimum absolute atomic E-state index is 0.192. The van der Waals surface area contributed by atoms with E-state index >= 15 is 0 Å².